The summed E-state index contributed by atoms with van der Waals surface area (Å²) in [5, 5.41) is 5.99. The largest absolute Gasteiger partial charge is 0.359 e. The van der Waals surface area contributed by atoms with Crippen LogP contribution in [0.2, 0.25) is 0 Å². The number of rotatable bonds is 3. The number of carbonyl (C=O) groups is 2. The number of hydrogen-bond acceptors (Lipinski definition) is 4. The lowest BCUT2D eigenvalue weighted by atomic mass is 9.96. The number of nitrogens with zero attached hydrogens (tertiary/aromatic N) is 2. The van der Waals surface area contributed by atoms with Gasteiger partial charge in [-0.3, -0.25) is 14.5 Å². The molecule has 2 saturated heterocycles. The maximum absolute atomic E-state index is 12.6. The molecular formula is C14H26N4O2. The third-order valence-corrected chi connectivity index (χ3v) is 4.41. The molecule has 0 aromatic heterocycles. The number of hydrogen-bond donors (Lipinski definition) is 2. The van der Waals surface area contributed by atoms with Gasteiger partial charge in [-0.15, -0.1) is 0 Å². The van der Waals surface area contributed by atoms with Gasteiger partial charge in [0, 0.05) is 46.3 Å². The molecule has 0 bridgehead atoms. The molecule has 2 rings (SSSR count). The van der Waals surface area contributed by atoms with Crippen molar-refractivity contribution in [3.63, 3.8) is 0 Å². The standard InChI is InChI=1S/C14H26N4O2/c1-11(17-8-5-16-6-9-17)14(20)18-7-3-4-12(10-18)13(19)15-2/h11-12,16H,3-10H2,1-2H3,(H,15,19). The van der Waals surface area contributed by atoms with Crippen LogP contribution < -0.4 is 10.6 Å². The van der Waals surface area contributed by atoms with E-state index in [9.17, 15) is 9.59 Å². The smallest absolute Gasteiger partial charge is 0.239 e. The van der Waals surface area contributed by atoms with Crippen molar-refractivity contribution >= 4 is 11.8 Å². The van der Waals surface area contributed by atoms with Gasteiger partial charge in [-0.05, 0) is 19.8 Å². The molecule has 0 aromatic carbocycles. The Morgan fingerprint density at radius 2 is 1.95 bits per heavy atom. The molecule has 2 unspecified atom stereocenters. The molecule has 2 fully saturated rings. The Morgan fingerprint density at radius 3 is 2.60 bits per heavy atom. The number of piperidine rings is 1. The molecule has 2 aliphatic heterocycles. The molecule has 0 radical (unpaired) electrons. The van der Waals surface area contributed by atoms with E-state index in [0.717, 1.165) is 45.6 Å². The van der Waals surface area contributed by atoms with Gasteiger partial charge in [-0.25, -0.2) is 0 Å². The minimum Gasteiger partial charge on any atom is -0.359 e. The molecule has 0 spiro atoms. The van der Waals surface area contributed by atoms with Crippen LogP contribution in [0.1, 0.15) is 19.8 Å². The number of carbonyl (C=O) groups excluding carboxylic acids is 2. The number of nitrogens with one attached hydrogen (secondary N) is 2. The summed E-state index contributed by atoms with van der Waals surface area (Å²) in [6.07, 6.45) is 1.80. The number of likely N-dealkylation sites (tertiary alicyclic amines) is 1. The summed E-state index contributed by atoms with van der Waals surface area (Å²) in [6, 6.07) is -0.0828. The van der Waals surface area contributed by atoms with Crippen molar-refractivity contribution < 1.29 is 9.59 Å². The summed E-state index contributed by atoms with van der Waals surface area (Å²) in [7, 11) is 1.66. The first-order valence-electron chi connectivity index (χ1n) is 7.58. The molecule has 2 aliphatic rings. The van der Waals surface area contributed by atoms with E-state index in [1.54, 1.807) is 7.05 Å². The molecule has 6 heteroatoms. The second-order valence-electron chi connectivity index (χ2n) is 5.70. The Kier molecular flexibility index (Phi) is 5.37. The van der Waals surface area contributed by atoms with Crippen LogP contribution in [-0.4, -0.2) is 74.0 Å². The van der Waals surface area contributed by atoms with Crippen LogP contribution in [0.3, 0.4) is 0 Å². The fraction of sp³-hybridized carbons (Fsp3) is 0.857. The van der Waals surface area contributed by atoms with Crippen molar-refractivity contribution in [2.75, 3.05) is 46.3 Å². The molecule has 0 saturated carbocycles. The van der Waals surface area contributed by atoms with Crippen LogP contribution in [0.15, 0.2) is 0 Å². The molecule has 2 heterocycles. The maximum atomic E-state index is 12.6. The lowest BCUT2D eigenvalue weighted by Crippen LogP contribution is -2.55. The first kappa shape index (κ1) is 15.3. The predicted molar refractivity (Wildman–Crippen MR) is 77.3 cm³/mol. The second-order valence-corrected chi connectivity index (χ2v) is 5.70. The first-order valence-corrected chi connectivity index (χ1v) is 7.58. The molecule has 2 amide bonds. The van der Waals surface area contributed by atoms with Crippen LogP contribution in [-0.2, 0) is 9.59 Å². The molecule has 0 aromatic rings. The molecule has 114 valence electrons. The molecule has 2 atom stereocenters. The van der Waals surface area contributed by atoms with E-state index >= 15 is 0 Å². The topological polar surface area (TPSA) is 64.7 Å². The predicted octanol–water partition coefficient (Wildman–Crippen LogP) is -0.735. The van der Waals surface area contributed by atoms with Crippen molar-refractivity contribution in [1.29, 1.82) is 0 Å². The third kappa shape index (κ3) is 3.49. The Morgan fingerprint density at radius 1 is 1.25 bits per heavy atom. The number of piperazine rings is 1. The van der Waals surface area contributed by atoms with Gasteiger partial charge in [0.15, 0.2) is 0 Å². The van der Waals surface area contributed by atoms with Crippen molar-refractivity contribution in [3.8, 4) is 0 Å². The van der Waals surface area contributed by atoms with Gasteiger partial charge in [0.25, 0.3) is 0 Å². The normalized spacial score (nSPS) is 26.1. The summed E-state index contributed by atoms with van der Waals surface area (Å²) >= 11 is 0. The van der Waals surface area contributed by atoms with Gasteiger partial charge in [0.1, 0.15) is 0 Å². The zero-order valence-electron chi connectivity index (χ0n) is 12.5. The van der Waals surface area contributed by atoms with Gasteiger partial charge in [-0.1, -0.05) is 0 Å². The van der Waals surface area contributed by atoms with E-state index in [1.165, 1.54) is 0 Å². The van der Waals surface area contributed by atoms with Gasteiger partial charge in [0.2, 0.25) is 11.8 Å². The monoisotopic (exact) mass is 282 g/mol. The summed E-state index contributed by atoms with van der Waals surface area (Å²) < 4.78 is 0. The van der Waals surface area contributed by atoms with Crippen molar-refractivity contribution in [3.05, 3.63) is 0 Å². The highest BCUT2D eigenvalue weighted by Gasteiger charge is 2.32. The molecule has 20 heavy (non-hydrogen) atoms. The Balaban J connectivity index is 1.92. The Hall–Kier alpha value is -1.14. The van der Waals surface area contributed by atoms with Crippen LogP contribution in [0.4, 0.5) is 0 Å². The van der Waals surface area contributed by atoms with Crippen LogP contribution in [0.5, 0.6) is 0 Å². The molecule has 6 nitrogen and oxygen atoms in total. The second kappa shape index (κ2) is 7.04. The van der Waals surface area contributed by atoms with E-state index in [1.807, 2.05) is 11.8 Å². The van der Waals surface area contributed by atoms with Crippen molar-refractivity contribution in [2.24, 2.45) is 5.92 Å². The highest BCUT2D eigenvalue weighted by atomic mass is 16.2. The average Bonchev–Trinajstić information content (AvgIpc) is 2.53. The fourth-order valence-corrected chi connectivity index (χ4v) is 3.09. The van der Waals surface area contributed by atoms with E-state index in [4.69, 9.17) is 0 Å². The van der Waals surface area contributed by atoms with Crippen molar-refractivity contribution in [2.45, 2.75) is 25.8 Å². The summed E-state index contributed by atoms with van der Waals surface area (Å²) in [5.41, 5.74) is 0. The van der Waals surface area contributed by atoms with Crippen LogP contribution in [0.25, 0.3) is 0 Å². The minimum absolute atomic E-state index is 0.0482. The zero-order valence-corrected chi connectivity index (χ0v) is 12.5. The van der Waals surface area contributed by atoms with Crippen LogP contribution >= 0.6 is 0 Å². The first-order chi connectivity index (χ1) is 9.63. The van der Waals surface area contributed by atoms with E-state index in [2.05, 4.69) is 15.5 Å². The van der Waals surface area contributed by atoms with Gasteiger partial charge in [0.05, 0.1) is 12.0 Å². The quantitative estimate of drug-likeness (QED) is 0.716. The Bertz CT molecular complexity index is 355. The van der Waals surface area contributed by atoms with Gasteiger partial charge >= 0.3 is 0 Å². The summed E-state index contributed by atoms with van der Waals surface area (Å²) in [6.45, 7) is 7.05. The molecule has 2 N–H and O–H groups in total. The minimum atomic E-state index is -0.0828. The third-order valence-electron chi connectivity index (χ3n) is 4.41. The summed E-state index contributed by atoms with van der Waals surface area (Å²) in [5.74, 6) is 0.172. The van der Waals surface area contributed by atoms with Gasteiger partial charge < -0.3 is 15.5 Å². The SMILES string of the molecule is CNC(=O)C1CCCN(C(=O)C(C)N2CCNCC2)C1. The molecular weight excluding hydrogens is 256 g/mol. The molecule has 0 aliphatic carbocycles. The highest BCUT2D eigenvalue weighted by Crippen LogP contribution is 2.18. The van der Waals surface area contributed by atoms with E-state index in [-0.39, 0.29) is 23.8 Å². The lowest BCUT2D eigenvalue weighted by molar-refractivity contribution is -0.140. The maximum Gasteiger partial charge on any atom is 0.239 e. The fourth-order valence-electron chi connectivity index (χ4n) is 3.09. The summed E-state index contributed by atoms with van der Waals surface area (Å²) in [4.78, 5) is 28.4. The number of amides is 2. The van der Waals surface area contributed by atoms with E-state index in [0.29, 0.717) is 6.54 Å². The van der Waals surface area contributed by atoms with Crippen LogP contribution in [0, 0.1) is 5.92 Å². The van der Waals surface area contributed by atoms with E-state index < -0.39 is 0 Å². The highest BCUT2D eigenvalue weighted by molar-refractivity contribution is 5.83. The van der Waals surface area contributed by atoms with Gasteiger partial charge in [-0.2, -0.15) is 0 Å². The average molecular weight is 282 g/mol. The zero-order chi connectivity index (χ0) is 14.5. The van der Waals surface area contributed by atoms with Crippen molar-refractivity contribution in [1.82, 2.24) is 20.4 Å². The lowest BCUT2D eigenvalue weighted by Gasteiger charge is -2.38. The Labute approximate surface area is 120 Å².